The molecule has 3 N–H and O–H groups in total. The number of rotatable bonds is 12. The number of likely N-dealkylation sites (N-methyl/N-ethyl adjacent to an activating group) is 1. The molecule has 0 fully saturated rings. The van der Waals surface area contributed by atoms with Crippen molar-refractivity contribution in [3.05, 3.63) is 70.2 Å². The van der Waals surface area contributed by atoms with Crippen molar-refractivity contribution in [1.29, 1.82) is 0 Å². The largest absolute Gasteiger partial charge is 0.364 e. The highest BCUT2D eigenvalue weighted by atomic mass is 32.1. The summed E-state index contributed by atoms with van der Waals surface area (Å²) in [5.41, 5.74) is 10.6. The second kappa shape index (κ2) is 12.9. The topological polar surface area (TPSA) is 112 Å². The number of nitrogens with one attached hydrogen (secondary N) is 1. The van der Waals surface area contributed by atoms with E-state index in [-0.39, 0.29) is 30.6 Å². The number of aromatic nitrogens is 1. The number of hydrogen-bond donors (Lipinski definition) is 2. The Hall–Kier alpha value is -3.76. The number of hydrazine groups is 1. The van der Waals surface area contributed by atoms with Gasteiger partial charge in [-0.3, -0.25) is 19.4 Å². The summed E-state index contributed by atoms with van der Waals surface area (Å²) in [7, 11) is 1.78. The van der Waals surface area contributed by atoms with Crippen molar-refractivity contribution in [2.24, 2.45) is 5.73 Å². The molecule has 3 amide bonds. The maximum atomic E-state index is 13.5. The van der Waals surface area contributed by atoms with Crippen LogP contribution in [-0.2, 0) is 22.7 Å². The first-order valence-corrected chi connectivity index (χ1v) is 14.1. The number of hydrogen-bond acceptors (Lipinski definition) is 7. The zero-order chi connectivity index (χ0) is 27.9. The van der Waals surface area contributed by atoms with Crippen molar-refractivity contribution in [3.63, 3.8) is 0 Å². The molecule has 39 heavy (non-hydrogen) atoms. The van der Waals surface area contributed by atoms with E-state index in [0.717, 1.165) is 36.1 Å². The summed E-state index contributed by atoms with van der Waals surface area (Å²) < 4.78 is 0. The Kier molecular flexibility index (Phi) is 9.32. The van der Waals surface area contributed by atoms with Crippen LogP contribution in [0.1, 0.15) is 53.4 Å². The predicted octanol–water partition coefficient (Wildman–Crippen LogP) is 3.72. The molecule has 0 saturated heterocycles. The molecule has 2 aromatic carbocycles. The van der Waals surface area contributed by atoms with Gasteiger partial charge in [0, 0.05) is 43.3 Å². The van der Waals surface area contributed by atoms with Crippen molar-refractivity contribution >= 4 is 34.7 Å². The summed E-state index contributed by atoms with van der Waals surface area (Å²) in [6, 6.07) is 13.9. The summed E-state index contributed by atoms with van der Waals surface area (Å²) in [6.45, 7) is 6.14. The fourth-order valence-electron chi connectivity index (χ4n) is 4.67. The minimum absolute atomic E-state index is 0.0506. The van der Waals surface area contributed by atoms with Crippen LogP contribution in [-0.4, -0.2) is 59.4 Å². The molecular weight excluding hydrogens is 512 g/mol. The van der Waals surface area contributed by atoms with Crippen molar-refractivity contribution in [2.45, 2.75) is 46.2 Å². The van der Waals surface area contributed by atoms with Gasteiger partial charge in [0.15, 0.2) is 0 Å². The van der Waals surface area contributed by atoms with Gasteiger partial charge in [-0.05, 0) is 48.2 Å². The fourth-order valence-corrected chi connectivity index (χ4v) is 5.48. The minimum Gasteiger partial charge on any atom is -0.364 e. The lowest BCUT2D eigenvalue weighted by atomic mass is 10.1. The van der Waals surface area contributed by atoms with Crippen LogP contribution in [0.4, 0.5) is 5.69 Å². The highest BCUT2D eigenvalue weighted by molar-refractivity contribution is 7.13. The highest BCUT2D eigenvalue weighted by Crippen LogP contribution is 2.30. The molecule has 0 aliphatic carbocycles. The van der Waals surface area contributed by atoms with Gasteiger partial charge in [-0.25, -0.2) is 9.99 Å². The van der Waals surface area contributed by atoms with E-state index < -0.39 is 5.91 Å². The monoisotopic (exact) mass is 548 g/mol. The van der Waals surface area contributed by atoms with Gasteiger partial charge in [0.1, 0.15) is 10.7 Å². The minimum atomic E-state index is -0.564. The number of aryl methyl sites for hydroxylation is 1. The van der Waals surface area contributed by atoms with Gasteiger partial charge in [-0.1, -0.05) is 44.0 Å². The molecule has 0 saturated carbocycles. The number of primary amides is 1. The second-order valence-electron chi connectivity index (χ2n) is 9.83. The predicted molar refractivity (Wildman–Crippen MR) is 154 cm³/mol. The van der Waals surface area contributed by atoms with Crippen LogP contribution in [0.25, 0.3) is 10.6 Å². The number of nitrogens with zero attached hydrogens (tertiary/aromatic N) is 4. The lowest BCUT2D eigenvalue weighted by molar-refractivity contribution is -0.145. The zero-order valence-corrected chi connectivity index (χ0v) is 23.6. The van der Waals surface area contributed by atoms with E-state index in [1.807, 2.05) is 47.2 Å². The molecule has 0 bridgehead atoms. The van der Waals surface area contributed by atoms with Gasteiger partial charge < -0.3 is 16.0 Å². The normalized spacial score (nSPS) is 12.7. The lowest BCUT2D eigenvalue weighted by Gasteiger charge is -2.32. The van der Waals surface area contributed by atoms with Crippen molar-refractivity contribution in [3.8, 4) is 10.6 Å². The van der Waals surface area contributed by atoms with E-state index >= 15 is 0 Å². The van der Waals surface area contributed by atoms with E-state index in [9.17, 15) is 14.4 Å². The molecule has 9 nitrogen and oxygen atoms in total. The Morgan fingerprint density at radius 3 is 2.41 bits per heavy atom. The number of thiazole rings is 1. The standard InChI is InChI=1S/C29H36N6O3S/c1-4-5-8-13-31-26(36)17-34(18-27(37)33(3)35-15-22-9-6-7-10-23(22)16-35)25-12-11-21(14-20(25)2)29-32-24(19-39-29)28(30)38/h6-7,9-12,14,19H,4-5,8,13,15-18H2,1-3H3,(H2,30,38)(H,31,36). The first-order valence-electron chi connectivity index (χ1n) is 13.2. The zero-order valence-electron chi connectivity index (χ0n) is 22.8. The summed E-state index contributed by atoms with van der Waals surface area (Å²) in [6.07, 6.45) is 3.06. The molecule has 206 valence electrons. The fraction of sp³-hybridized carbons (Fsp3) is 0.379. The van der Waals surface area contributed by atoms with Gasteiger partial charge in [-0.15, -0.1) is 11.3 Å². The van der Waals surface area contributed by atoms with E-state index in [1.165, 1.54) is 22.5 Å². The Bertz CT molecular complexity index is 1320. The number of amides is 3. The Morgan fingerprint density at radius 1 is 1.08 bits per heavy atom. The van der Waals surface area contributed by atoms with E-state index in [2.05, 4.69) is 29.4 Å². The number of nitrogens with two attached hydrogens (primary N) is 1. The van der Waals surface area contributed by atoms with Crippen LogP contribution in [0.3, 0.4) is 0 Å². The number of carbonyl (C=O) groups excluding carboxylic acids is 3. The van der Waals surface area contributed by atoms with Crippen LogP contribution < -0.4 is 16.0 Å². The van der Waals surface area contributed by atoms with Gasteiger partial charge in [-0.2, -0.15) is 0 Å². The maximum Gasteiger partial charge on any atom is 0.268 e. The number of anilines is 1. The molecule has 2 heterocycles. The molecule has 4 rings (SSSR count). The van der Waals surface area contributed by atoms with E-state index in [4.69, 9.17) is 5.73 Å². The molecule has 0 spiro atoms. The second-order valence-corrected chi connectivity index (χ2v) is 10.7. The van der Waals surface area contributed by atoms with Crippen molar-refractivity contribution in [2.75, 3.05) is 31.6 Å². The van der Waals surface area contributed by atoms with Gasteiger partial charge in [0.25, 0.3) is 11.8 Å². The van der Waals surface area contributed by atoms with Crippen LogP contribution >= 0.6 is 11.3 Å². The average Bonchev–Trinajstić information content (AvgIpc) is 3.58. The first-order chi connectivity index (χ1) is 18.8. The molecule has 1 aromatic heterocycles. The van der Waals surface area contributed by atoms with E-state index in [1.54, 1.807) is 17.4 Å². The quantitative estimate of drug-likeness (QED) is 0.334. The van der Waals surface area contributed by atoms with Crippen molar-refractivity contribution in [1.82, 2.24) is 20.3 Å². The Balaban J connectivity index is 1.51. The molecule has 3 aromatic rings. The first kappa shape index (κ1) is 28.3. The summed E-state index contributed by atoms with van der Waals surface area (Å²) in [5.74, 6) is -0.786. The number of unbranched alkanes of at least 4 members (excludes halogenated alkanes) is 2. The molecule has 0 radical (unpaired) electrons. The SMILES string of the molecule is CCCCCNC(=O)CN(CC(=O)N(C)N1Cc2ccccc2C1)c1ccc(-c2nc(C(N)=O)cs2)cc1C. The van der Waals surface area contributed by atoms with Gasteiger partial charge in [0.2, 0.25) is 5.91 Å². The van der Waals surface area contributed by atoms with Gasteiger partial charge in [0.05, 0.1) is 13.1 Å². The molecule has 0 atom stereocenters. The summed E-state index contributed by atoms with van der Waals surface area (Å²) >= 11 is 1.35. The van der Waals surface area contributed by atoms with Crippen LogP contribution in [0.2, 0.25) is 0 Å². The number of fused-ring (bicyclic) bond motifs is 1. The molecule has 1 aliphatic rings. The molecule has 0 unspecified atom stereocenters. The summed E-state index contributed by atoms with van der Waals surface area (Å²) in [5, 5.41) is 8.99. The maximum absolute atomic E-state index is 13.5. The van der Waals surface area contributed by atoms with E-state index in [0.29, 0.717) is 24.6 Å². The third-order valence-electron chi connectivity index (χ3n) is 6.91. The van der Waals surface area contributed by atoms with Crippen LogP contribution in [0.15, 0.2) is 47.8 Å². The molecular formula is C29H36N6O3S. The third-order valence-corrected chi connectivity index (χ3v) is 7.80. The number of benzene rings is 2. The molecule has 10 heteroatoms. The van der Waals surface area contributed by atoms with Crippen LogP contribution in [0.5, 0.6) is 0 Å². The van der Waals surface area contributed by atoms with Gasteiger partial charge >= 0.3 is 0 Å². The van der Waals surface area contributed by atoms with Crippen LogP contribution in [0, 0.1) is 6.92 Å². The average molecular weight is 549 g/mol. The highest BCUT2D eigenvalue weighted by Gasteiger charge is 2.27. The smallest absolute Gasteiger partial charge is 0.268 e. The lowest BCUT2D eigenvalue weighted by Crippen LogP contribution is -2.48. The molecule has 1 aliphatic heterocycles. The Morgan fingerprint density at radius 2 is 1.79 bits per heavy atom. The summed E-state index contributed by atoms with van der Waals surface area (Å²) in [4.78, 5) is 44.0. The number of carbonyl (C=O) groups is 3. The van der Waals surface area contributed by atoms with Crippen molar-refractivity contribution < 1.29 is 14.4 Å². The Labute approximate surface area is 233 Å². The third kappa shape index (κ3) is 7.01.